The van der Waals surface area contributed by atoms with E-state index in [1.807, 2.05) is 0 Å². The molecule has 0 radical (unpaired) electrons. The number of ether oxygens (including phenoxy) is 1. The molecule has 0 spiro atoms. The van der Waals surface area contributed by atoms with Crippen molar-refractivity contribution in [2.24, 2.45) is 5.84 Å². The lowest BCUT2D eigenvalue weighted by Crippen LogP contribution is -2.39. The van der Waals surface area contributed by atoms with E-state index in [-0.39, 0.29) is 0 Å². The fourth-order valence-corrected chi connectivity index (χ4v) is 1.11. The molecule has 0 aliphatic rings. The predicted octanol–water partition coefficient (Wildman–Crippen LogP) is -0.294. The Hall–Kier alpha value is -1.73. The molecular formula is C9H12N4O2S. The first-order valence-electron chi connectivity index (χ1n) is 4.45. The number of esters is 1. The Labute approximate surface area is 98.2 Å². The molecule has 0 saturated heterocycles. The summed E-state index contributed by atoms with van der Waals surface area (Å²) in [6, 6.07) is 3.20. The van der Waals surface area contributed by atoms with Crippen LogP contribution in [0.15, 0.2) is 18.3 Å². The van der Waals surface area contributed by atoms with E-state index in [4.69, 9.17) is 18.1 Å². The number of carbonyl (C=O) groups is 1. The van der Waals surface area contributed by atoms with Crippen molar-refractivity contribution in [3.63, 3.8) is 0 Å². The number of methoxy groups -OCH3 is 1. The summed E-state index contributed by atoms with van der Waals surface area (Å²) in [5.74, 6) is 4.69. The van der Waals surface area contributed by atoms with Gasteiger partial charge >= 0.3 is 5.97 Å². The third-order valence-corrected chi connectivity index (χ3v) is 2.06. The van der Waals surface area contributed by atoms with Crippen LogP contribution in [-0.4, -0.2) is 23.2 Å². The highest BCUT2D eigenvalue weighted by molar-refractivity contribution is 7.80. The molecule has 0 unspecified atom stereocenters. The van der Waals surface area contributed by atoms with Crippen molar-refractivity contribution < 1.29 is 9.53 Å². The van der Waals surface area contributed by atoms with Gasteiger partial charge in [0.15, 0.2) is 5.11 Å². The molecule has 0 aromatic carbocycles. The fraction of sp³-hybridized carbons (Fsp3) is 0.222. The van der Waals surface area contributed by atoms with Crippen molar-refractivity contribution in [2.45, 2.75) is 6.54 Å². The number of nitrogens with zero attached hydrogens (tertiary/aromatic N) is 1. The highest BCUT2D eigenvalue weighted by Crippen LogP contribution is 2.03. The second kappa shape index (κ2) is 5.99. The summed E-state index contributed by atoms with van der Waals surface area (Å²) in [5, 5.41) is 3.12. The van der Waals surface area contributed by atoms with E-state index in [9.17, 15) is 4.79 Å². The molecular weight excluding hydrogens is 228 g/mol. The zero-order chi connectivity index (χ0) is 12.0. The second-order valence-electron chi connectivity index (χ2n) is 2.85. The maximum absolute atomic E-state index is 11.2. The highest BCUT2D eigenvalue weighted by atomic mass is 32.1. The SMILES string of the molecule is COC(=O)c1ccnc(CNC(=S)NN)c1. The van der Waals surface area contributed by atoms with Crippen molar-refractivity contribution >= 4 is 23.3 Å². The van der Waals surface area contributed by atoms with Gasteiger partial charge in [-0.25, -0.2) is 10.6 Å². The first-order chi connectivity index (χ1) is 7.67. The maximum Gasteiger partial charge on any atom is 0.337 e. The van der Waals surface area contributed by atoms with Crippen LogP contribution in [0.5, 0.6) is 0 Å². The summed E-state index contributed by atoms with van der Waals surface area (Å²) >= 11 is 4.80. The molecule has 1 heterocycles. The number of rotatable bonds is 3. The predicted molar refractivity (Wildman–Crippen MR) is 62.3 cm³/mol. The molecule has 0 atom stereocenters. The standard InChI is InChI=1S/C9H12N4O2S/c1-15-8(14)6-2-3-11-7(4-6)5-12-9(16)13-10/h2-4H,5,10H2,1H3,(H2,12,13,16). The number of nitrogens with one attached hydrogen (secondary N) is 2. The topological polar surface area (TPSA) is 89.3 Å². The molecule has 1 aromatic heterocycles. The number of hydrogen-bond donors (Lipinski definition) is 3. The van der Waals surface area contributed by atoms with Gasteiger partial charge < -0.3 is 15.5 Å². The Balaban J connectivity index is 2.67. The molecule has 0 aliphatic heterocycles. The van der Waals surface area contributed by atoms with E-state index >= 15 is 0 Å². The van der Waals surface area contributed by atoms with Crippen molar-refractivity contribution in [3.8, 4) is 0 Å². The number of nitrogens with two attached hydrogens (primary N) is 1. The van der Waals surface area contributed by atoms with Crippen LogP contribution in [0.4, 0.5) is 0 Å². The molecule has 0 aliphatic carbocycles. The number of hydrogen-bond acceptors (Lipinski definition) is 5. The molecule has 0 fully saturated rings. The van der Waals surface area contributed by atoms with Crippen molar-refractivity contribution in [3.05, 3.63) is 29.6 Å². The second-order valence-corrected chi connectivity index (χ2v) is 3.26. The Morgan fingerprint density at radius 1 is 1.69 bits per heavy atom. The molecule has 0 amide bonds. The van der Waals surface area contributed by atoms with Gasteiger partial charge in [0.25, 0.3) is 0 Å². The minimum atomic E-state index is -0.400. The minimum Gasteiger partial charge on any atom is -0.465 e. The van der Waals surface area contributed by atoms with Gasteiger partial charge in [-0.15, -0.1) is 0 Å². The quantitative estimate of drug-likeness (QED) is 0.289. The lowest BCUT2D eigenvalue weighted by molar-refractivity contribution is 0.0600. The first-order valence-corrected chi connectivity index (χ1v) is 4.86. The zero-order valence-electron chi connectivity index (χ0n) is 8.69. The summed E-state index contributed by atoms with van der Waals surface area (Å²) in [6.07, 6.45) is 1.53. The Morgan fingerprint density at radius 3 is 3.06 bits per heavy atom. The molecule has 4 N–H and O–H groups in total. The zero-order valence-corrected chi connectivity index (χ0v) is 9.50. The minimum absolute atomic E-state index is 0.310. The summed E-state index contributed by atoms with van der Waals surface area (Å²) in [7, 11) is 1.33. The molecule has 6 nitrogen and oxygen atoms in total. The van der Waals surface area contributed by atoms with Gasteiger partial charge in [-0.1, -0.05) is 0 Å². The molecule has 86 valence electrons. The smallest absolute Gasteiger partial charge is 0.337 e. The number of pyridine rings is 1. The first kappa shape index (κ1) is 12.3. The van der Waals surface area contributed by atoms with Crippen LogP contribution < -0.4 is 16.6 Å². The Morgan fingerprint density at radius 2 is 2.44 bits per heavy atom. The van der Waals surface area contributed by atoms with Gasteiger partial charge in [-0.05, 0) is 24.4 Å². The highest BCUT2D eigenvalue weighted by Gasteiger charge is 2.06. The van der Waals surface area contributed by atoms with Crippen LogP contribution in [0.1, 0.15) is 16.1 Å². The van der Waals surface area contributed by atoms with E-state index in [0.717, 1.165) is 0 Å². The number of aromatic nitrogens is 1. The Bertz CT molecular complexity index is 397. The summed E-state index contributed by atoms with van der Waals surface area (Å²) in [6.45, 7) is 0.383. The molecule has 16 heavy (non-hydrogen) atoms. The van der Waals surface area contributed by atoms with E-state index in [0.29, 0.717) is 22.9 Å². The summed E-state index contributed by atoms with van der Waals surface area (Å²) in [5.41, 5.74) is 3.40. The van der Waals surface area contributed by atoms with Gasteiger partial charge in [0.1, 0.15) is 0 Å². The van der Waals surface area contributed by atoms with Gasteiger partial charge in [-0.2, -0.15) is 0 Å². The fourth-order valence-electron chi connectivity index (χ4n) is 1.04. The average molecular weight is 240 g/mol. The summed E-state index contributed by atoms with van der Waals surface area (Å²) in [4.78, 5) is 15.3. The lowest BCUT2D eigenvalue weighted by Gasteiger charge is -2.06. The van der Waals surface area contributed by atoms with Gasteiger partial charge in [-0.3, -0.25) is 4.98 Å². The van der Waals surface area contributed by atoms with Gasteiger partial charge in [0.2, 0.25) is 0 Å². The number of carbonyl (C=O) groups excluding carboxylic acids is 1. The van der Waals surface area contributed by atoms with E-state index in [2.05, 4.69) is 20.5 Å². The third-order valence-electron chi connectivity index (χ3n) is 1.80. The van der Waals surface area contributed by atoms with Crippen LogP contribution in [0.2, 0.25) is 0 Å². The maximum atomic E-state index is 11.2. The largest absolute Gasteiger partial charge is 0.465 e. The van der Waals surface area contributed by atoms with Crippen LogP contribution in [-0.2, 0) is 11.3 Å². The monoisotopic (exact) mass is 240 g/mol. The third kappa shape index (κ3) is 3.44. The number of hydrazine groups is 1. The molecule has 0 bridgehead atoms. The van der Waals surface area contributed by atoms with E-state index < -0.39 is 5.97 Å². The molecule has 0 saturated carbocycles. The Kier molecular flexibility index (Phi) is 4.62. The average Bonchev–Trinajstić information content (AvgIpc) is 2.35. The van der Waals surface area contributed by atoms with Crippen LogP contribution in [0.3, 0.4) is 0 Å². The number of thiocarbonyl (C=S) groups is 1. The molecule has 1 aromatic rings. The van der Waals surface area contributed by atoms with Crippen LogP contribution >= 0.6 is 12.2 Å². The van der Waals surface area contributed by atoms with Crippen molar-refractivity contribution in [1.82, 2.24) is 15.7 Å². The summed E-state index contributed by atoms with van der Waals surface area (Å²) < 4.78 is 4.59. The van der Waals surface area contributed by atoms with Crippen LogP contribution in [0, 0.1) is 0 Å². The van der Waals surface area contributed by atoms with Crippen molar-refractivity contribution in [1.29, 1.82) is 0 Å². The molecule has 7 heteroatoms. The molecule has 1 rings (SSSR count). The van der Waals surface area contributed by atoms with Gasteiger partial charge in [0, 0.05) is 6.20 Å². The van der Waals surface area contributed by atoms with Crippen LogP contribution in [0.25, 0.3) is 0 Å². The van der Waals surface area contributed by atoms with Crippen molar-refractivity contribution in [2.75, 3.05) is 7.11 Å². The lowest BCUT2D eigenvalue weighted by atomic mass is 10.2. The van der Waals surface area contributed by atoms with E-state index in [1.54, 1.807) is 12.1 Å². The van der Waals surface area contributed by atoms with Gasteiger partial charge in [0.05, 0.1) is 24.9 Å². The normalized spacial score (nSPS) is 9.38. The van der Waals surface area contributed by atoms with E-state index in [1.165, 1.54) is 13.3 Å².